The summed E-state index contributed by atoms with van der Waals surface area (Å²) in [4.78, 5) is 11.7. The average Bonchev–Trinajstić information content (AvgIpc) is 2.37. The van der Waals surface area contributed by atoms with Crippen molar-refractivity contribution in [2.45, 2.75) is 12.5 Å². The first-order chi connectivity index (χ1) is 8.98. The van der Waals surface area contributed by atoms with E-state index in [1.807, 2.05) is 18.4 Å². The Morgan fingerprint density at radius 1 is 1.47 bits per heavy atom. The summed E-state index contributed by atoms with van der Waals surface area (Å²) < 4.78 is 5.13. The van der Waals surface area contributed by atoms with Gasteiger partial charge in [0.1, 0.15) is 5.75 Å². The fourth-order valence-electron chi connectivity index (χ4n) is 1.55. The van der Waals surface area contributed by atoms with Crippen molar-refractivity contribution in [1.82, 2.24) is 5.32 Å². The van der Waals surface area contributed by atoms with Crippen LogP contribution >= 0.6 is 11.8 Å². The summed E-state index contributed by atoms with van der Waals surface area (Å²) in [7, 11) is 1.54. The van der Waals surface area contributed by atoms with Gasteiger partial charge in [-0.3, -0.25) is 0 Å². The molecule has 3 N–H and O–H groups in total. The maximum Gasteiger partial charge on any atom is 0.319 e. The third-order valence-corrected chi connectivity index (χ3v) is 3.35. The molecule has 0 saturated heterocycles. The highest BCUT2D eigenvalue weighted by Crippen LogP contribution is 2.22. The van der Waals surface area contributed by atoms with Crippen LogP contribution in [-0.4, -0.2) is 42.4 Å². The van der Waals surface area contributed by atoms with Gasteiger partial charge in [0, 0.05) is 12.3 Å². The molecule has 0 bridgehead atoms. The first-order valence-electron chi connectivity index (χ1n) is 5.88. The number of amides is 2. The smallest absolute Gasteiger partial charge is 0.319 e. The second-order valence-corrected chi connectivity index (χ2v) is 5.30. The van der Waals surface area contributed by atoms with Crippen molar-refractivity contribution in [3.05, 3.63) is 24.3 Å². The molecule has 0 aliphatic rings. The third-order valence-electron chi connectivity index (χ3n) is 2.44. The van der Waals surface area contributed by atoms with Crippen LogP contribution in [0, 0.1) is 0 Å². The highest BCUT2D eigenvalue weighted by atomic mass is 32.2. The van der Waals surface area contributed by atoms with E-state index in [4.69, 9.17) is 4.74 Å². The topological polar surface area (TPSA) is 70.6 Å². The fraction of sp³-hybridized carbons (Fsp3) is 0.462. The maximum atomic E-state index is 11.7. The molecule has 1 aromatic carbocycles. The molecule has 1 rings (SSSR count). The number of para-hydroxylation sites is 2. The number of carbonyl (C=O) groups excluding carboxylic acids is 1. The molecule has 1 atom stereocenters. The van der Waals surface area contributed by atoms with E-state index >= 15 is 0 Å². The number of aliphatic hydroxyl groups is 1. The first-order valence-corrected chi connectivity index (χ1v) is 7.27. The number of anilines is 1. The number of methoxy groups -OCH3 is 1. The molecule has 0 saturated carbocycles. The van der Waals surface area contributed by atoms with Crippen LogP contribution in [0.15, 0.2) is 24.3 Å². The summed E-state index contributed by atoms with van der Waals surface area (Å²) in [5, 5.41) is 15.3. The molecular formula is C13H20N2O3S. The van der Waals surface area contributed by atoms with Gasteiger partial charge >= 0.3 is 6.03 Å². The zero-order chi connectivity index (χ0) is 14.3. The Hall–Kier alpha value is -1.40. The van der Waals surface area contributed by atoms with Crippen LogP contribution in [-0.2, 0) is 0 Å². The van der Waals surface area contributed by atoms with Crippen molar-refractivity contribution >= 4 is 23.5 Å². The molecule has 19 heavy (non-hydrogen) atoms. The van der Waals surface area contributed by atoms with Crippen LogP contribution in [0.5, 0.6) is 5.75 Å². The molecule has 0 aliphatic heterocycles. The van der Waals surface area contributed by atoms with Gasteiger partial charge in [-0.1, -0.05) is 12.1 Å². The standard InChI is InChI=1S/C13H20N2O3S/c1-13(17,9-19-3)8-14-12(16)15-10-6-4-5-7-11(10)18-2/h4-7,17H,8-9H2,1-3H3,(H2,14,15,16)/t13-/m0/s1. The number of carbonyl (C=O) groups is 1. The molecule has 2 amide bonds. The number of benzene rings is 1. The maximum absolute atomic E-state index is 11.7. The van der Waals surface area contributed by atoms with E-state index in [1.54, 1.807) is 26.2 Å². The lowest BCUT2D eigenvalue weighted by molar-refractivity contribution is 0.0876. The van der Waals surface area contributed by atoms with Gasteiger partial charge in [-0.15, -0.1) is 0 Å². The summed E-state index contributed by atoms with van der Waals surface area (Å²) in [5.74, 6) is 1.15. The van der Waals surface area contributed by atoms with Crippen LogP contribution < -0.4 is 15.4 Å². The zero-order valence-corrected chi connectivity index (χ0v) is 12.2. The number of hydrogen-bond donors (Lipinski definition) is 3. The van der Waals surface area contributed by atoms with Crippen LogP contribution in [0.4, 0.5) is 10.5 Å². The molecule has 0 radical (unpaired) electrons. The minimum absolute atomic E-state index is 0.189. The summed E-state index contributed by atoms with van der Waals surface area (Å²) in [5.41, 5.74) is -0.329. The van der Waals surface area contributed by atoms with Crippen LogP contribution in [0.2, 0.25) is 0 Å². The summed E-state index contributed by atoms with van der Waals surface area (Å²) in [6, 6.07) is 6.77. The van der Waals surface area contributed by atoms with E-state index in [2.05, 4.69) is 10.6 Å². The molecule has 5 nitrogen and oxygen atoms in total. The minimum Gasteiger partial charge on any atom is -0.495 e. The predicted molar refractivity (Wildman–Crippen MR) is 79.0 cm³/mol. The molecule has 6 heteroatoms. The molecule has 0 heterocycles. The van der Waals surface area contributed by atoms with Crippen LogP contribution in [0.3, 0.4) is 0 Å². The van der Waals surface area contributed by atoms with Crippen molar-refractivity contribution in [2.24, 2.45) is 0 Å². The van der Waals surface area contributed by atoms with Gasteiger partial charge in [-0.2, -0.15) is 11.8 Å². The Kier molecular flexibility index (Phi) is 5.98. The molecule has 106 valence electrons. The Morgan fingerprint density at radius 3 is 2.79 bits per heavy atom. The summed E-state index contributed by atoms with van der Waals surface area (Å²) in [6.07, 6.45) is 1.91. The lowest BCUT2D eigenvalue weighted by atomic mass is 10.1. The van der Waals surface area contributed by atoms with E-state index in [9.17, 15) is 9.90 Å². The van der Waals surface area contributed by atoms with Gasteiger partial charge < -0.3 is 20.5 Å². The van der Waals surface area contributed by atoms with Gasteiger partial charge in [0.25, 0.3) is 0 Å². The summed E-state index contributed by atoms with van der Waals surface area (Å²) in [6.45, 7) is 1.88. The second-order valence-electron chi connectivity index (χ2n) is 4.44. The lowest BCUT2D eigenvalue weighted by Gasteiger charge is -2.22. The summed E-state index contributed by atoms with van der Waals surface area (Å²) >= 11 is 1.53. The normalized spacial score (nSPS) is 13.5. The Balaban J connectivity index is 2.52. The quantitative estimate of drug-likeness (QED) is 0.746. The van der Waals surface area contributed by atoms with E-state index < -0.39 is 5.60 Å². The number of urea groups is 1. The second kappa shape index (κ2) is 7.25. The van der Waals surface area contributed by atoms with Crippen molar-refractivity contribution in [3.63, 3.8) is 0 Å². The highest BCUT2D eigenvalue weighted by Gasteiger charge is 2.20. The fourth-order valence-corrected chi connectivity index (χ4v) is 2.27. The van der Waals surface area contributed by atoms with Gasteiger partial charge in [0.2, 0.25) is 0 Å². The van der Waals surface area contributed by atoms with Gasteiger partial charge in [0.15, 0.2) is 0 Å². The molecule has 0 aliphatic carbocycles. The molecular weight excluding hydrogens is 264 g/mol. The monoisotopic (exact) mass is 284 g/mol. The van der Waals surface area contributed by atoms with E-state index in [-0.39, 0.29) is 12.6 Å². The Morgan fingerprint density at radius 2 is 2.16 bits per heavy atom. The van der Waals surface area contributed by atoms with E-state index in [0.717, 1.165) is 0 Å². The molecule has 0 aromatic heterocycles. The number of ether oxygens (including phenoxy) is 1. The largest absolute Gasteiger partial charge is 0.495 e. The highest BCUT2D eigenvalue weighted by molar-refractivity contribution is 7.98. The number of rotatable bonds is 6. The molecule has 0 unspecified atom stereocenters. The number of hydrogen-bond acceptors (Lipinski definition) is 4. The van der Waals surface area contributed by atoms with Crippen molar-refractivity contribution < 1.29 is 14.6 Å². The van der Waals surface area contributed by atoms with Crippen molar-refractivity contribution in [3.8, 4) is 5.75 Å². The van der Waals surface area contributed by atoms with Crippen molar-refractivity contribution in [1.29, 1.82) is 0 Å². The SMILES string of the molecule is COc1ccccc1NC(=O)NC[C@](C)(O)CSC. The van der Waals surface area contributed by atoms with Crippen molar-refractivity contribution in [2.75, 3.05) is 31.0 Å². The lowest BCUT2D eigenvalue weighted by Crippen LogP contribution is -2.43. The van der Waals surface area contributed by atoms with Gasteiger partial charge in [-0.25, -0.2) is 4.79 Å². The van der Waals surface area contributed by atoms with Gasteiger partial charge in [0.05, 0.1) is 18.4 Å². The van der Waals surface area contributed by atoms with Crippen LogP contribution in [0.1, 0.15) is 6.92 Å². The first kappa shape index (κ1) is 15.7. The molecule has 0 spiro atoms. The number of thioether (sulfide) groups is 1. The Bertz CT molecular complexity index is 424. The van der Waals surface area contributed by atoms with Crippen LogP contribution in [0.25, 0.3) is 0 Å². The van der Waals surface area contributed by atoms with E-state index in [0.29, 0.717) is 17.2 Å². The van der Waals surface area contributed by atoms with E-state index in [1.165, 1.54) is 11.8 Å². The molecule has 0 fully saturated rings. The predicted octanol–water partition coefficient (Wildman–Crippen LogP) is 1.93. The zero-order valence-electron chi connectivity index (χ0n) is 11.4. The third kappa shape index (κ3) is 5.40. The Labute approximate surface area is 117 Å². The van der Waals surface area contributed by atoms with Gasteiger partial charge in [-0.05, 0) is 25.3 Å². The minimum atomic E-state index is -0.919. The number of nitrogens with one attached hydrogen (secondary N) is 2. The average molecular weight is 284 g/mol. The molecule has 1 aromatic rings.